The monoisotopic (exact) mass is 238 g/mol. The average molecular weight is 238 g/mol. The molecule has 1 aromatic rings. The van der Waals surface area contributed by atoms with E-state index >= 15 is 0 Å². The Hall–Kier alpha value is -1.42. The maximum atomic E-state index is 11.1. The molecule has 0 aliphatic rings. The zero-order chi connectivity index (χ0) is 12.0. The van der Waals surface area contributed by atoms with Gasteiger partial charge in [-0.2, -0.15) is 0 Å². The number of hydrogen-bond donors (Lipinski definition) is 1. The Bertz CT molecular complexity index is 399. The van der Waals surface area contributed by atoms with E-state index in [1.54, 1.807) is 25.1 Å². The molecule has 0 amide bonds. The van der Waals surface area contributed by atoms with E-state index in [4.69, 9.17) is 0 Å². The van der Waals surface area contributed by atoms with Gasteiger partial charge in [-0.05, 0) is 19.1 Å². The van der Waals surface area contributed by atoms with Crippen LogP contribution in [0.5, 0.6) is 5.75 Å². The highest BCUT2D eigenvalue weighted by molar-refractivity contribution is 7.99. The highest BCUT2D eigenvalue weighted by Gasteiger charge is 2.03. The van der Waals surface area contributed by atoms with E-state index in [1.165, 1.54) is 18.9 Å². The predicted molar refractivity (Wildman–Crippen MR) is 64.6 cm³/mol. The van der Waals surface area contributed by atoms with Crippen molar-refractivity contribution in [3.8, 4) is 5.75 Å². The van der Waals surface area contributed by atoms with E-state index in [1.807, 2.05) is 12.1 Å². The molecule has 86 valence electrons. The lowest BCUT2D eigenvalue weighted by Crippen LogP contribution is -2.01. The van der Waals surface area contributed by atoms with Gasteiger partial charge in [0, 0.05) is 16.2 Å². The zero-order valence-electron chi connectivity index (χ0n) is 9.27. The maximum absolute atomic E-state index is 11.1. The van der Waals surface area contributed by atoms with Crippen molar-refractivity contribution >= 4 is 17.7 Å². The number of thioether (sulfide) groups is 1. The number of methoxy groups -OCH3 is 1. The standard InChI is InChI=1S/C12H14O3S/c1-9(12(14)15-2)7-8-16-11-6-4-3-5-10(11)13/h3-7,13H,8H2,1-2H3. The van der Waals surface area contributed by atoms with Crippen LogP contribution in [0, 0.1) is 0 Å². The van der Waals surface area contributed by atoms with E-state index in [9.17, 15) is 9.90 Å². The van der Waals surface area contributed by atoms with Crippen molar-refractivity contribution in [1.82, 2.24) is 0 Å². The van der Waals surface area contributed by atoms with Gasteiger partial charge in [-0.25, -0.2) is 4.79 Å². The lowest BCUT2D eigenvalue weighted by atomic mass is 10.3. The predicted octanol–water partition coefficient (Wildman–Crippen LogP) is 2.60. The summed E-state index contributed by atoms with van der Waals surface area (Å²) in [4.78, 5) is 11.9. The summed E-state index contributed by atoms with van der Waals surface area (Å²) in [6.45, 7) is 1.71. The summed E-state index contributed by atoms with van der Waals surface area (Å²) in [6, 6.07) is 7.11. The Labute approximate surface area is 99.1 Å². The summed E-state index contributed by atoms with van der Waals surface area (Å²) in [5.41, 5.74) is 0.574. The fraction of sp³-hybridized carbons (Fsp3) is 0.250. The number of benzene rings is 1. The van der Waals surface area contributed by atoms with Crippen LogP contribution in [0.25, 0.3) is 0 Å². The molecule has 1 rings (SSSR count). The van der Waals surface area contributed by atoms with Crippen LogP contribution in [0.1, 0.15) is 6.92 Å². The van der Waals surface area contributed by atoms with E-state index in [0.717, 1.165) is 4.90 Å². The minimum Gasteiger partial charge on any atom is -0.507 e. The first-order chi connectivity index (χ1) is 7.65. The Morgan fingerprint density at radius 1 is 1.50 bits per heavy atom. The third-order valence-electron chi connectivity index (χ3n) is 2.00. The number of phenolic OH excluding ortho intramolecular Hbond substituents is 1. The average Bonchev–Trinajstić information content (AvgIpc) is 2.30. The van der Waals surface area contributed by atoms with Crippen LogP contribution in [0.4, 0.5) is 0 Å². The first-order valence-corrected chi connectivity index (χ1v) is 5.79. The van der Waals surface area contributed by atoms with Gasteiger partial charge in [0.1, 0.15) is 5.75 Å². The summed E-state index contributed by atoms with van der Waals surface area (Å²) in [6.07, 6.45) is 1.78. The first kappa shape index (κ1) is 12.6. The quantitative estimate of drug-likeness (QED) is 0.497. The van der Waals surface area contributed by atoms with Crippen molar-refractivity contribution in [2.75, 3.05) is 12.9 Å². The van der Waals surface area contributed by atoms with E-state index in [-0.39, 0.29) is 11.7 Å². The fourth-order valence-corrected chi connectivity index (χ4v) is 1.98. The molecular formula is C12H14O3S. The minimum atomic E-state index is -0.321. The normalized spacial score (nSPS) is 11.2. The van der Waals surface area contributed by atoms with Gasteiger partial charge in [0.15, 0.2) is 0 Å². The largest absolute Gasteiger partial charge is 0.507 e. The minimum absolute atomic E-state index is 0.261. The van der Waals surface area contributed by atoms with Crippen LogP contribution in [-0.4, -0.2) is 23.9 Å². The van der Waals surface area contributed by atoms with Crippen molar-refractivity contribution in [1.29, 1.82) is 0 Å². The molecule has 0 heterocycles. The summed E-state index contributed by atoms with van der Waals surface area (Å²) in [5.74, 6) is 0.563. The van der Waals surface area contributed by atoms with Crippen LogP contribution < -0.4 is 0 Å². The highest BCUT2D eigenvalue weighted by atomic mass is 32.2. The smallest absolute Gasteiger partial charge is 0.333 e. The number of aromatic hydroxyl groups is 1. The van der Waals surface area contributed by atoms with Crippen LogP contribution >= 0.6 is 11.8 Å². The molecule has 0 aliphatic carbocycles. The molecule has 1 N–H and O–H groups in total. The maximum Gasteiger partial charge on any atom is 0.333 e. The Balaban J connectivity index is 2.53. The molecule has 0 bridgehead atoms. The van der Waals surface area contributed by atoms with E-state index in [2.05, 4.69) is 4.74 Å². The number of carbonyl (C=O) groups is 1. The summed E-state index contributed by atoms with van der Waals surface area (Å²) in [5, 5.41) is 9.50. The van der Waals surface area contributed by atoms with E-state index in [0.29, 0.717) is 11.3 Å². The third-order valence-corrected chi connectivity index (χ3v) is 2.99. The van der Waals surface area contributed by atoms with Gasteiger partial charge in [0.25, 0.3) is 0 Å². The van der Waals surface area contributed by atoms with Crippen molar-refractivity contribution in [3.05, 3.63) is 35.9 Å². The molecule has 0 saturated heterocycles. The zero-order valence-corrected chi connectivity index (χ0v) is 10.1. The van der Waals surface area contributed by atoms with Crippen molar-refractivity contribution in [3.63, 3.8) is 0 Å². The molecule has 0 saturated carbocycles. The second-order valence-electron chi connectivity index (χ2n) is 3.16. The summed E-state index contributed by atoms with van der Waals surface area (Å²) >= 11 is 1.47. The van der Waals surface area contributed by atoms with Gasteiger partial charge in [-0.1, -0.05) is 18.2 Å². The third kappa shape index (κ3) is 3.62. The molecule has 4 heteroatoms. The van der Waals surface area contributed by atoms with Gasteiger partial charge in [-0.15, -0.1) is 11.8 Å². The number of rotatable bonds is 4. The molecule has 0 fully saturated rings. The van der Waals surface area contributed by atoms with Crippen molar-refractivity contribution in [2.24, 2.45) is 0 Å². The number of esters is 1. The molecule has 0 atom stereocenters. The van der Waals surface area contributed by atoms with Crippen molar-refractivity contribution in [2.45, 2.75) is 11.8 Å². The molecule has 0 unspecified atom stereocenters. The topological polar surface area (TPSA) is 46.5 Å². The van der Waals surface area contributed by atoms with Crippen LogP contribution in [0.2, 0.25) is 0 Å². The fourth-order valence-electron chi connectivity index (χ4n) is 1.08. The summed E-state index contributed by atoms with van der Waals surface area (Å²) in [7, 11) is 1.36. The lowest BCUT2D eigenvalue weighted by molar-refractivity contribution is -0.136. The molecule has 0 spiro atoms. The number of phenols is 1. The molecule has 0 aromatic heterocycles. The molecule has 3 nitrogen and oxygen atoms in total. The number of carbonyl (C=O) groups excluding carboxylic acids is 1. The van der Waals surface area contributed by atoms with Crippen LogP contribution in [-0.2, 0) is 9.53 Å². The Morgan fingerprint density at radius 3 is 2.81 bits per heavy atom. The van der Waals surface area contributed by atoms with Gasteiger partial charge >= 0.3 is 5.97 Å². The van der Waals surface area contributed by atoms with E-state index < -0.39 is 0 Å². The molecular weight excluding hydrogens is 224 g/mol. The second kappa shape index (κ2) is 6.23. The Morgan fingerprint density at radius 2 is 2.19 bits per heavy atom. The number of ether oxygens (including phenoxy) is 1. The Kier molecular flexibility index (Phi) is 4.92. The molecule has 1 aromatic carbocycles. The van der Waals surface area contributed by atoms with Gasteiger partial charge < -0.3 is 9.84 Å². The first-order valence-electron chi connectivity index (χ1n) is 4.81. The lowest BCUT2D eigenvalue weighted by Gasteiger charge is -2.02. The molecule has 0 aliphatic heterocycles. The molecule has 16 heavy (non-hydrogen) atoms. The van der Waals surface area contributed by atoms with Crippen molar-refractivity contribution < 1.29 is 14.6 Å². The van der Waals surface area contributed by atoms with Crippen LogP contribution in [0.3, 0.4) is 0 Å². The van der Waals surface area contributed by atoms with Gasteiger partial charge in [-0.3, -0.25) is 0 Å². The highest BCUT2D eigenvalue weighted by Crippen LogP contribution is 2.27. The number of hydrogen-bond acceptors (Lipinski definition) is 4. The second-order valence-corrected chi connectivity index (χ2v) is 4.22. The van der Waals surface area contributed by atoms with Crippen LogP contribution in [0.15, 0.2) is 40.8 Å². The van der Waals surface area contributed by atoms with Gasteiger partial charge in [0.2, 0.25) is 0 Å². The number of para-hydroxylation sites is 1. The summed E-state index contributed by atoms with van der Waals surface area (Å²) < 4.78 is 4.57. The molecule has 0 radical (unpaired) electrons. The van der Waals surface area contributed by atoms with Gasteiger partial charge in [0.05, 0.1) is 7.11 Å². The SMILES string of the molecule is COC(=O)C(C)=CCSc1ccccc1O.